The molecule has 0 spiro atoms. The molecule has 130 valence electrons. The van der Waals surface area contributed by atoms with E-state index >= 15 is 0 Å². The van der Waals surface area contributed by atoms with Crippen molar-refractivity contribution in [3.8, 4) is 0 Å². The number of rotatable bonds is 8. The van der Waals surface area contributed by atoms with Gasteiger partial charge in [-0.15, -0.1) is 0 Å². The summed E-state index contributed by atoms with van der Waals surface area (Å²) in [7, 11) is 0. The molecule has 0 saturated carbocycles. The van der Waals surface area contributed by atoms with Crippen LogP contribution in [0.4, 0.5) is 0 Å². The zero-order valence-electron chi connectivity index (χ0n) is 14.0. The van der Waals surface area contributed by atoms with Gasteiger partial charge in [0.1, 0.15) is 0 Å². The molecule has 0 bridgehead atoms. The van der Waals surface area contributed by atoms with E-state index in [0.717, 1.165) is 45.2 Å². The van der Waals surface area contributed by atoms with E-state index in [1.54, 1.807) is 5.48 Å². The molecule has 2 N–H and O–H groups in total. The third-order valence-corrected chi connectivity index (χ3v) is 4.32. The summed E-state index contributed by atoms with van der Waals surface area (Å²) in [5, 5.41) is 8.56. The number of aryl methyl sites for hydroxylation is 1. The Hall–Kier alpha value is -2.14. The lowest BCUT2D eigenvalue weighted by Crippen LogP contribution is -2.33. The largest absolute Gasteiger partial charge is 0.339 e. The van der Waals surface area contributed by atoms with Crippen LogP contribution in [0.15, 0.2) is 42.0 Å². The predicted molar refractivity (Wildman–Crippen MR) is 92.4 cm³/mol. The fourth-order valence-electron chi connectivity index (χ4n) is 2.95. The smallest absolute Gasteiger partial charge is 0.249 e. The van der Waals surface area contributed by atoms with Crippen molar-refractivity contribution in [3.05, 3.63) is 47.5 Å². The number of amides is 2. The third kappa shape index (κ3) is 5.81. The van der Waals surface area contributed by atoms with E-state index in [2.05, 4.69) is 12.1 Å². The van der Waals surface area contributed by atoms with Gasteiger partial charge in [-0.25, -0.2) is 5.48 Å². The normalized spacial score (nSPS) is 15.0. The van der Waals surface area contributed by atoms with Gasteiger partial charge in [0.05, 0.1) is 0 Å². The highest BCUT2D eigenvalue weighted by molar-refractivity contribution is 5.94. The van der Waals surface area contributed by atoms with Crippen LogP contribution in [0.5, 0.6) is 0 Å². The molecular formula is C19H26N2O3. The number of hydrogen-bond donors (Lipinski definition) is 2. The van der Waals surface area contributed by atoms with Gasteiger partial charge in [-0.3, -0.25) is 14.8 Å². The second-order valence-corrected chi connectivity index (χ2v) is 6.14. The third-order valence-electron chi connectivity index (χ3n) is 4.32. The SMILES string of the molecule is O=C(CCC1=CCCCN(CCCCc2ccccc2)C1=O)NO. The van der Waals surface area contributed by atoms with Gasteiger partial charge in [0.2, 0.25) is 11.8 Å². The van der Waals surface area contributed by atoms with Crippen LogP contribution in [0.1, 0.15) is 44.1 Å². The van der Waals surface area contributed by atoms with E-state index in [-0.39, 0.29) is 12.3 Å². The number of carbonyl (C=O) groups excluding carboxylic acids is 2. The fourth-order valence-corrected chi connectivity index (χ4v) is 2.95. The number of allylic oxidation sites excluding steroid dienone is 1. The zero-order chi connectivity index (χ0) is 17.2. The van der Waals surface area contributed by atoms with Crippen LogP contribution in [0.25, 0.3) is 0 Å². The van der Waals surface area contributed by atoms with Crippen LogP contribution in [-0.2, 0) is 16.0 Å². The Morgan fingerprint density at radius 3 is 2.71 bits per heavy atom. The van der Waals surface area contributed by atoms with Gasteiger partial charge in [-0.05, 0) is 44.1 Å². The molecule has 1 heterocycles. The van der Waals surface area contributed by atoms with Crippen LogP contribution in [0, 0.1) is 0 Å². The summed E-state index contributed by atoms with van der Waals surface area (Å²) in [4.78, 5) is 25.6. The van der Waals surface area contributed by atoms with E-state index in [0.29, 0.717) is 12.0 Å². The monoisotopic (exact) mass is 330 g/mol. The number of carbonyl (C=O) groups is 2. The minimum atomic E-state index is -0.456. The fraction of sp³-hybridized carbons (Fsp3) is 0.474. The lowest BCUT2D eigenvalue weighted by molar-refractivity contribution is -0.129. The molecule has 0 fully saturated rings. The summed E-state index contributed by atoms with van der Waals surface area (Å²) in [6.45, 7) is 1.53. The van der Waals surface area contributed by atoms with E-state index in [1.165, 1.54) is 5.56 Å². The number of benzene rings is 1. The predicted octanol–water partition coefficient (Wildman–Crippen LogP) is 2.84. The van der Waals surface area contributed by atoms with E-state index in [4.69, 9.17) is 5.21 Å². The maximum absolute atomic E-state index is 12.6. The highest BCUT2D eigenvalue weighted by Crippen LogP contribution is 2.17. The number of nitrogens with one attached hydrogen (secondary N) is 1. The average Bonchev–Trinajstić information content (AvgIpc) is 2.79. The molecule has 0 aliphatic carbocycles. The van der Waals surface area contributed by atoms with Crippen molar-refractivity contribution in [1.29, 1.82) is 0 Å². The zero-order valence-corrected chi connectivity index (χ0v) is 14.0. The quantitative estimate of drug-likeness (QED) is 0.437. The van der Waals surface area contributed by atoms with Gasteiger partial charge in [-0.2, -0.15) is 0 Å². The minimum absolute atomic E-state index is 0.0398. The molecule has 1 aromatic carbocycles. The molecule has 0 atom stereocenters. The summed E-state index contributed by atoms with van der Waals surface area (Å²) in [6, 6.07) is 10.4. The van der Waals surface area contributed by atoms with Gasteiger partial charge >= 0.3 is 0 Å². The first-order valence-electron chi connectivity index (χ1n) is 8.66. The molecule has 5 heteroatoms. The second-order valence-electron chi connectivity index (χ2n) is 6.14. The molecule has 1 aliphatic rings. The van der Waals surface area contributed by atoms with Gasteiger partial charge in [0.15, 0.2) is 0 Å². The molecular weight excluding hydrogens is 304 g/mol. The van der Waals surface area contributed by atoms with E-state index < -0.39 is 5.91 Å². The van der Waals surface area contributed by atoms with Crippen LogP contribution in [0.2, 0.25) is 0 Å². The average molecular weight is 330 g/mol. The maximum Gasteiger partial charge on any atom is 0.249 e. The second kappa shape index (κ2) is 9.88. The lowest BCUT2D eigenvalue weighted by Gasteiger charge is -2.22. The van der Waals surface area contributed by atoms with Crippen molar-refractivity contribution >= 4 is 11.8 Å². The van der Waals surface area contributed by atoms with E-state index in [9.17, 15) is 9.59 Å². The number of hydroxylamine groups is 1. The van der Waals surface area contributed by atoms with Crippen molar-refractivity contribution < 1.29 is 14.8 Å². The maximum atomic E-state index is 12.6. The topological polar surface area (TPSA) is 69.6 Å². The molecule has 0 saturated heterocycles. The lowest BCUT2D eigenvalue weighted by atomic mass is 10.1. The van der Waals surface area contributed by atoms with Crippen molar-refractivity contribution in [3.63, 3.8) is 0 Å². The Morgan fingerprint density at radius 1 is 1.17 bits per heavy atom. The summed E-state index contributed by atoms with van der Waals surface area (Å²) in [5.74, 6) is -0.416. The Kier molecular flexibility index (Phi) is 7.49. The molecule has 0 unspecified atom stereocenters. The Morgan fingerprint density at radius 2 is 1.96 bits per heavy atom. The van der Waals surface area contributed by atoms with Crippen LogP contribution < -0.4 is 5.48 Å². The van der Waals surface area contributed by atoms with Crippen LogP contribution >= 0.6 is 0 Å². The van der Waals surface area contributed by atoms with Gasteiger partial charge in [0.25, 0.3) is 0 Å². The number of hydrogen-bond acceptors (Lipinski definition) is 3. The van der Waals surface area contributed by atoms with Crippen LogP contribution in [-0.4, -0.2) is 35.0 Å². The standard InChI is InChI=1S/C19H26N2O3/c22-18(20-24)13-12-17-11-5-7-15-21(19(17)23)14-6-4-10-16-8-2-1-3-9-16/h1-3,8-9,11,24H,4-7,10,12-15H2,(H,20,22). The molecule has 0 aromatic heterocycles. The van der Waals surface area contributed by atoms with Crippen molar-refractivity contribution in [1.82, 2.24) is 10.4 Å². The highest BCUT2D eigenvalue weighted by atomic mass is 16.5. The number of unbranched alkanes of at least 4 members (excludes halogenated alkanes) is 1. The Bertz CT molecular complexity index is 569. The van der Waals surface area contributed by atoms with Gasteiger partial charge in [-0.1, -0.05) is 36.4 Å². The first-order valence-corrected chi connectivity index (χ1v) is 8.66. The van der Waals surface area contributed by atoms with Crippen molar-refractivity contribution in [2.75, 3.05) is 13.1 Å². The summed E-state index contributed by atoms with van der Waals surface area (Å²) < 4.78 is 0. The summed E-state index contributed by atoms with van der Waals surface area (Å²) in [6.07, 6.45) is 7.34. The van der Waals surface area contributed by atoms with Gasteiger partial charge in [0, 0.05) is 25.1 Å². The van der Waals surface area contributed by atoms with Gasteiger partial charge < -0.3 is 4.90 Å². The highest BCUT2D eigenvalue weighted by Gasteiger charge is 2.20. The first kappa shape index (κ1) is 18.2. The van der Waals surface area contributed by atoms with Crippen molar-refractivity contribution in [2.45, 2.75) is 44.9 Å². The Labute approximate surface area is 143 Å². The number of nitrogens with zero attached hydrogens (tertiary/aromatic N) is 1. The first-order chi connectivity index (χ1) is 11.7. The molecule has 24 heavy (non-hydrogen) atoms. The summed E-state index contributed by atoms with van der Waals surface area (Å²) in [5.41, 5.74) is 3.64. The Balaban J connectivity index is 1.78. The van der Waals surface area contributed by atoms with Crippen molar-refractivity contribution in [2.24, 2.45) is 0 Å². The molecule has 2 amide bonds. The van der Waals surface area contributed by atoms with E-state index in [1.807, 2.05) is 29.2 Å². The minimum Gasteiger partial charge on any atom is -0.339 e. The summed E-state index contributed by atoms with van der Waals surface area (Å²) >= 11 is 0. The molecule has 5 nitrogen and oxygen atoms in total. The molecule has 0 radical (unpaired) electrons. The molecule has 2 rings (SSSR count). The van der Waals surface area contributed by atoms with Crippen LogP contribution in [0.3, 0.4) is 0 Å². The molecule has 1 aliphatic heterocycles. The molecule has 1 aromatic rings.